The summed E-state index contributed by atoms with van der Waals surface area (Å²) in [4.78, 5) is 26.9. The zero-order valence-electron chi connectivity index (χ0n) is 15.9. The predicted octanol–water partition coefficient (Wildman–Crippen LogP) is 1.43. The molecule has 5 rings (SSSR count). The molecular weight excluding hydrogens is 388 g/mol. The van der Waals surface area contributed by atoms with E-state index in [0.29, 0.717) is 42.6 Å². The minimum atomic E-state index is -0.440. The highest BCUT2D eigenvalue weighted by Gasteiger charge is 2.35. The molecule has 30 heavy (non-hydrogen) atoms. The highest BCUT2D eigenvalue weighted by Crippen LogP contribution is 2.36. The minimum absolute atomic E-state index is 0.0964. The summed E-state index contributed by atoms with van der Waals surface area (Å²) in [5.74, 6) is 0.544. The van der Waals surface area contributed by atoms with Gasteiger partial charge < -0.3 is 19.7 Å². The summed E-state index contributed by atoms with van der Waals surface area (Å²) in [5, 5.41) is 13.9. The first-order chi connectivity index (χ1) is 14.7. The molecular formula is C20H18N6O4. The van der Waals surface area contributed by atoms with Crippen LogP contribution in [0, 0.1) is 5.92 Å². The van der Waals surface area contributed by atoms with Crippen molar-refractivity contribution in [2.75, 3.05) is 30.0 Å². The van der Waals surface area contributed by atoms with Crippen LogP contribution in [0.15, 0.2) is 48.8 Å². The van der Waals surface area contributed by atoms with Gasteiger partial charge in [-0.2, -0.15) is 0 Å². The van der Waals surface area contributed by atoms with Crippen LogP contribution in [0.2, 0.25) is 0 Å². The van der Waals surface area contributed by atoms with Gasteiger partial charge in [0.15, 0.2) is 11.5 Å². The SMILES string of the molecule is O=C(Nc1ccc(-n2cnnn2)cc1)[C@@H]1CC(=O)N(c2ccc3c(c2)OCCO3)C1. The second-order valence-corrected chi connectivity index (χ2v) is 7.02. The minimum Gasteiger partial charge on any atom is -0.486 e. The lowest BCUT2D eigenvalue weighted by Gasteiger charge is -2.22. The Hall–Kier alpha value is -3.95. The number of ether oxygens (including phenoxy) is 2. The van der Waals surface area contributed by atoms with Crippen molar-refractivity contribution >= 4 is 23.2 Å². The van der Waals surface area contributed by atoms with E-state index in [9.17, 15) is 9.59 Å². The molecule has 0 aliphatic carbocycles. The van der Waals surface area contributed by atoms with Gasteiger partial charge >= 0.3 is 0 Å². The molecule has 3 aromatic rings. The summed E-state index contributed by atoms with van der Waals surface area (Å²) in [6.07, 6.45) is 1.65. The van der Waals surface area contributed by atoms with Crippen LogP contribution in [0.1, 0.15) is 6.42 Å². The molecule has 0 saturated carbocycles. The Bertz CT molecular complexity index is 1080. The zero-order chi connectivity index (χ0) is 20.5. The summed E-state index contributed by atoms with van der Waals surface area (Å²) in [5.41, 5.74) is 2.12. The van der Waals surface area contributed by atoms with Gasteiger partial charge in [-0.3, -0.25) is 9.59 Å². The van der Waals surface area contributed by atoms with Crippen LogP contribution < -0.4 is 19.7 Å². The summed E-state index contributed by atoms with van der Waals surface area (Å²) in [6, 6.07) is 12.5. The lowest BCUT2D eigenvalue weighted by atomic mass is 10.1. The molecule has 2 aliphatic rings. The molecule has 2 aliphatic heterocycles. The summed E-state index contributed by atoms with van der Waals surface area (Å²) in [7, 11) is 0. The molecule has 0 spiro atoms. The number of nitrogens with one attached hydrogen (secondary N) is 1. The predicted molar refractivity (Wildman–Crippen MR) is 106 cm³/mol. The van der Waals surface area contributed by atoms with Crippen molar-refractivity contribution in [3.8, 4) is 17.2 Å². The summed E-state index contributed by atoms with van der Waals surface area (Å²) < 4.78 is 12.6. The smallest absolute Gasteiger partial charge is 0.229 e. The van der Waals surface area contributed by atoms with Crippen molar-refractivity contribution < 1.29 is 19.1 Å². The van der Waals surface area contributed by atoms with E-state index >= 15 is 0 Å². The van der Waals surface area contributed by atoms with Crippen molar-refractivity contribution in [2.24, 2.45) is 5.92 Å². The number of hydrogen-bond donors (Lipinski definition) is 1. The van der Waals surface area contributed by atoms with Gasteiger partial charge in [0.25, 0.3) is 0 Å². The fourth-order valence-electron chi connectivity index (χ4n) is 3.55. The van der Waals surface area contributed by atoms with E-state index in [1.54, 1.807) is 41.3 Å². The number of nitrogens with zero attached hydrogens (tertiary/aromatic N) is 5. The first kappa shape index (κ1) is 18.1. The molecule has 3 heterocycles. The Kier molecular flexibility index (Phi) is 4.51. The van der Waals surface area contributed by atoms with E-state index in [4.69, 9.17) is 9.47 Å². The van der Waals surface area contributed by atoms with E-state index in [2.05, 4.69) is 20.8 Å². The number of carbonyl (C=O) groups excluding carboxylic acids is 2. The average molecular weight is 406 g/mol. The van der Waals surface area contributed by atoms with Crippen molar-refractivity contribution in [3.63, 3.8) is 0 Å². The highest BCUT2D eigenvalue weighted by molar-refractivity contribution is 6.03. The largest absolute Gasteiger partial charge is 0.486 e. The molecule has 0 bridgehead atoms. The second-order valence-electron chi connectivity index (χ2n) is 7.02. The third-order valence-corrected chi connectivity index (χ3v) is 5.08. The van der Waals surface area contributed by atoms with Crippen LogP contribution >= 0.6 is 0 Å². The number of rotatable bonds is 4. The van der Waals surface area contributed by atoms with Gasteiger partial charge in [0, 0.05) is 30.4 Å². The monoisotopic (exact) mass is 406 g/mol. The molecule has 10 heteroatoms. The van der Waals surface area contributed by atoms with Crippen LogP contribution in [0.25, 0.3) is 5.69 Å². The number of amides is 2. The van der Waals surface area contributed by atoms with Crippen LogP contribution in [-0.4, -0.2) is 51.8 Å². The van der Waals surface area contributed by atoms with Gasteiger partial charge in [-0.05, 0) is 46.8 Å². The first-order valence-corrected chi connectivity index (χ1v) is 9.52. The fraction of sp³-hybridized carbons (Fsp3) is 0.250. The average Bonchev–Trinajstić information content (AvgIpc) is 3.44. The maximum absolute atomic E-state index is 12.7. The van der Waals surface area contributed by atoms with Gasteiger partial charge in [-0.1, -0.05) is 0 Å². The third-order valence-electron chi connectivity index (χ3n) is 5.08. The number of benzene rings is 2. The van der Waals surface area contributed by atoms with Crippen LogP contribution in [0.5, 0.6) is 11.5 Å². The summed E-state index contributed by atoms with van der Waals surface area (Å²) >= 11 is 0. The van der Waals surface area contributed by atoms with Gasteiger partial charge in [0.2, 0.25) is 11.8 Å². The lowest BCUT2D eigenvalue weighted by Crippen LogP contribution is -2.28. The van der Waals surface area contributed by atoms with Crippen molar-refractivity contribution in [2.45, 2.75) is 6.42 Å². The van der Waals surface area contributed by atoms with Crippen LogP contribution in [0.3, 0.4) is 0 Å². The maximum atomic E-state index is 12.7. The number of hydrogen-bond acceptors (Lipinski definition) is 7. The number of fused-ring (bicyclic) bond motifs is 1. The zero-order valence-corrected chi connectivity index (χ0v) is 15.9. The maximum Gasteiger partial charge on any atom is 0.229 e. The number of anilines is 2. The Labute approximate surface area is 171 Å². The van der Waals surface area contributed by atoms with E-state index in [1.165, 1.54) is 11.0 Å². The quantitative estimate of drug-likeness (QED) is 0.697. The van der Waals surface area contributed by atoms with E-state index < -0.39 is 5.92 Å². The molecule has 0 unspecified atom stereocenters. The fourth-order valence-corrected chi connectivity index (χ4v) is 3.55. The molecule has 1 N–H and O–H groups in total. The van der Waals surface area contributed by atoms with Crippen molar-refractivity contribution in [1.82, 2.24) is 20.2 Å². The van der Waals surface area contributed by atoms with Crippen molar-refractivity contribution in [1.29, 1.82) is 0 Å². The molecule has 1 fully saturated rings. The molecule has 2 amide bonds. The molecule has 1 saturated heterocycles. The normalized spacial score (nSPS) is 17.8. The number of aromatic nitrogens is 4. The molecule has 1 atom stereocenters. The highest BCUT2D eigenvalue weighted by atomic mass is 16.6. The molecule has 152 valence electrons. The lowest BCUT2D eigenvalue weighted by molar-refractivity contribution is -0.122. The molecule has 0 radical (unpaired) electrons. The second kappa shape index (κ2) is 7.47. The van der Waals surface area contributed by atoms with Gasteiger partial charge in [0.1, 0.15) is 19.5 Å². The Morgan fingerprint density at radius 2 is 1.80 bits per heavy atom. The number of carbonyl (C=O) groups is 2. The first-order valence-electron chi connectivity index (χ1n) is 9.52. The Morgan fingerprint density at radius 1 is 1.03 bits per heavy atom. The summed E-state index contributed by atoms with van der Waals surface area (Å²) in [6.45, 7) is 1.29. The van der Waals surface area contributed by atoms with E-state index in [-0.39, 0.29) is 18.2 Å². The molecule has 2 aromatic carbocycles. The van der Waals surface area contributed by atoms with E-state index in [1.807, 2.05) is 6.07 Å². The third kappa shape index (κ3) is 3.43. The van der Waals surface area contributed by atoms with Gasteiger partial charge in [-0.15, -0.1) is 5.10 Å². The van der Waals surface area contributed by atoms with Crippen LogP contribution in [0.4, 0.5) is 11.4 Å². The van der Waals surface area contributed by atoms with E-state index in [0.717, 1.165) is 5.69 Å². The Morgan fingerprint density at radius 3 is 2.57 bits per heavy atom. The van der Waals surface area contributed by atoms with Gasteiger partial charge in [0.05, 0.1) is 11.6 Å². The van der Waals surface area contributed by atoms with Crippen LogP contribution in [-0.2, 0) is 9.59 Å². The van der Waals surface area contributed by atoms with Crippen molar-refractivity contribution in [3.05, 3.63) is 48.8 Å². The molecule has 1 aromatic heterocycles. The van der Waals surface area contributed by atoms with Gasteiger partial charge in [-0.25, -0.2) is 4.68 Å². The standard InChI is InChI=1S/C20H18N6O4/c27-19-9-13(11-25(19)16-5-6-17-18(10-16)30-8-7-29-17)20(28)22-14-1-3-15(4-2-14)26-12-21-23-24-26/h1-6,10,12-13H,7-9,11H2,(H,22,28)/t13-/m1/s1. The Balaban J connectivity index is 1.25. The molecule has 10 nitrogen and oxygen atoms in total. The number of tetrazole rings is 1. The topological polar surface area (TPSA) is 111 Å².